The van der Waals surface area contributed by atoms with Gasteiger partial charge in [-0.25, -0.2) is 14.2 Å². The molecule has 0 amide bonds. The van der Waals surface area contributed by atoms with E-state index >= 15 is 0 Å². The van der Waals surface area contributed by atoms with Gasteiger partial charge in [0.1, 0.15) is 6.33 Å². The van der Waals surface area contributed by atoms with Gasteiger partial charge in [-0.05, 0) is 12.8 Å². The average molecular weight is 256 g/mol. The molecule has 3 aromatic heterocycles. The van der Waals surface area contributed by atoms with Crippen LogP contribution in [0.1, 0.15) is 12.7 Å². The van der Waals surface area contributed by atoms with E-state index in [2.05, 4.69) is 32.0 Å². The van der Waals surface area contributed by atoms with Crippen molar-refractivity contribution in [1.82, 2.24) is 29.4 Å². The number of hydrogen-bond donors (Lipinski definition) is 0. The number of hydrogen-bond acceptors (Lipinski definition) is 5. The van der Waals surface area contributed by atoms with Crippen LogP contribution in [0.2, 0.25) is 0 Å². The summed E-state index contributed by atoms with van der Waals surface area (Å²) in [6, 6.07) is 0. The van der Waals surface area contributed by atoms with Crippen LogP contribution < -0.4 is 0 Å². The molecule has 7 heteroatoms. The van der Waals surface area contributed by atoms with Crippen LogP contribution in [0.25, 0.3) is 16.7 Å². The van der Waals surface area contributed by atoms with E-state index in [9.17, 15) is 0 Å². The summed E-state index contributed by atoms with van der Waals surface area (Å²) in [6.45, 7) is 2.99. The summed E-state index contributed by atoms with van der Waals surface area (Å²) in [7, 11) is 1.66. The first-order valence-corrected chi connectivity index (χ1v) is 5.82. The molecule has 0 aliphatic carbocycles. The summed E-state index contributed by atoms with van der Waals surface area (Å²) < 4.78 is 8.45. The largest absolute Gasteiger partial charge is 0.383 e. The molecule has 0 fully saturated rings. The smallest absolute Gasteiger partial charge is 0.226 e. The molecule has 0 aromatic carbocycles. The van der Waals surface area contributed by atoms with Gasteiger partial charge in [0.15, 0.2) is 11.3 Å². The van der Waals surface area contributed by atoms with Gasteiger partial charge in [0.2, 0.25) is 5.82 Å². The monoisotopic (exact) mass is 256 g/mol. The number of methoxy groups -OCH3 is 1. The minimum absolute atomic E-state index is 0.487. The van der Waals surface area contributed by atoms with E-state index in [0.29, 0.717) is 24.6 Å². The van der Waals surface area contributed by atoms with E-state index < -0.39 is 0 Å². The van der Waals surface area contributed by atoms with Crippen LogP contribution in [0.3, 0.4) is 0 Å². The zero-order chi connectivity index (χ0) is 13.2. The molecular formula is C12H12N6O. The second kappa shape index (κ2) is 4.66. The average Bonchev–Trinajstić information content (AvgIpc) is 2.99. The summed E-state index contributed by atoms with van der Waals surface area (Å²) in [5.74, 6) is 6.10. The fraction of sp³-hybridized carbons (Fsp3) is 0.333. The molecule has 0 spiro atoms. The van der Waals surface area contributed by atoms with Crippen LogP contribution in [0.15, 0.2) is 12.5 Å². The van der Waals surface area contributed by atoms with Crippen LogP contribution in [0.4, 0.5) is 0 Å². The maximum Gasteiger partial charge on any atom is 0.226 e. The lowest BCUT2D eigenvalue weighted by molar-refractivity contribution is 0.184. The number of nitrogens with zero attached hydrogens (tertiary/aromatic N) is 6. The van der Waals surface area contributed by atoms with Gasteiger partial charge < -0.3 is 4.74 Å². The van der Waals surface area contributed by atoms with Crippen LogP contribution in [-0.2, 0) is 11.3 Å². The molecule has 0 atom stereocenters. The number of rotatable bonds is 3. The molecule has 3 rings (SSSR count). The van der Waals surface area contributed by atoms with Crippen LogP contribution in [-0.4, -0.2) is 43.1 Å². The minimum Gasteiger partial charge on any atom is -0.383 e. The minimum atomic E-state index is 0.487. The Morgan fingerprint density at radius 1 is 1.37 bits per heavy atom. The Labute approximate surface area is 109 Å². The van der Waals surface area contributed by atoms with Gasteiger partial charge in [-0.1, -0.05) is 5.92 Å². The van der Waals surface area contributed by atoms with E-state index in [4.69, 9.17) is 4.74 Å². The lowest BCUT2D eigenvalue weighted by Crippen LogP contribution is -2.06. The molecule has 0 saturated carbocycles. The van der Waals surface area contributed by atoms with Crippen molar-refractivity contribution in [1.29, 1.82) is 0 Å². The molecule has 0 unspecified atom stereocenters. The first-order valence-electron chi connectivity index (χ1n) is 5.82. The number of fused-ring (bicyclic) bond motifs is 3. The standard InChI is InChI=1S/C12H12N6O/c1-3-4-10-15-12-9-7-14-17(5-6-19-2)11(9)13-8-18(12)16-10/h7-8H,5-6H2,1-2H3. The highest BCUT2D eigenvalue weighted by atomic mass is 16.5. The summed E-state index contributed by atoms with van der Waals surface area (Å²) in [5.41, 5.74) is 1.49. The third-order valence-electron chi connectivity index (χ3n) is 2.72. The third kappa shape index (κ3) is 1.92. The zero-order valence-electron chi connectivity index (χ0n) is 10.7. The molecule has 0 radical (unpaired) electrons. The molecule has 0 aliphatic rings. The van der Waals surface area contributed by atoms with Crippen LogP contribution >= 0.6 is 0 Å². The molecule has 3 heterocycles. The molecular weight excluding hydrogens is 244 g/mol. The van der Waals surface area contributed by atoms with Crippen molar-refractivity contribution in [3.8, 4) is 11.8 Å². The van der Waals surface area contributed by atoms with Gasteiger partial charge in [0.25, 0.3) is 0 Å². The highest BCUT2D eigenvalue weighted by Crippen LogP contribution is 2.15. The van der Waals surface area contributed by atoms with E-state index in [1.54, 1.807) is 35.8 Å². The SMILES string of the molecule is CC#Cc1nc2c3cnn(CCOC)c3ncn2n1. The van der Waals surface area contributed by atoms with Crippen molar-refractivity contribution in [2.24, 2.45) is 0 Å². The Morgan fingerprint density at radius 3 is 3.05 bits per heavy atom. The van der Waals surface area contributed by atoms with Crippen molar-refractivity contribution in [2.45, 2.75) is 13.5 Å². The Kier molecular flexibility index (Phi) is 2.85. The first kappa shape index (κ1) is 11.6. The topological polar surface area (TPSA) is 70.1 Å². The van der Waals surface area contributed by atoms with Crippen molar-refractivity contribution in [3.05, 3.63) is 18.3 Å². The summed E-state index contributed by atoms with van der Waals surface area (Å²) >= 11 is 0. The normalized spacial score (nSPS) is 10.8. The van der Waals surface area contributed by atoms with Gasteiger partial charge in [0, 0.05) is 7.11 Å². The van der Waals surface area contributed by atoms with Gasteiger partial charge >= 0.3 is 0 Å². The highest BCUT2D eigenvalue weighted by Gasteiger charge is 2.11. The van der Waals surface area contributed by atoms with Crippen molar-refractivity contribution in [2.75, 3.05) is 13.7 Å². The molecule has 0 saturated heterocycles. The van der Waals surface area contributed by atoms with E-state index in [1.165, 1.54) is 0 Å². The summed E-state index contributed by atoms with van der Waals surface area (Å²) in [5, 5.41) is 9.38. The van der Waals surface area contributed by atoms with Gasteiger partial charge in [0.05, 0.1) is 24.7 Å². The van der Waals surface area contributed by atoms with Crippen LogP contribution in [0.5, 0.6) is 0 Å². The molecule has 0 N–H and O–H groups in total. The van der Waals surface area contributed by atoms with E-state index in [0.717, 1.165) is 11.0 Å². The highest BCUT2D eigenvalue weighted by molar-refractivity contribution is 5.88. The Hall–Kier alpha value is -2.46. The molecule has 96 valence electrons. The molecule has 7 nitrogen and oxygen atoms in total. The molecule has 19 heavy (non-hydrogen) atoms. The molecule has 0 bridgehead atoms. The van der Waals surface area contributed by atoms with E-state index in [-0.39, 0.29) is 0 Å². The van der Waals surface area contributed by atoms with Crippen molar-refractivity contribution in [3.63, 3.8) is 0 Å². The predicted molar refractivity (Wildman–Crippen MR) is 68.5 cm³/mol. The second-order valence-corrected chi connectivity index (χ2v) is 3.92. The maximum absolute atomic E-state index is 5.05. The fourth-order valence-corrected chi connectivity index (χ4v) is 1.88. The summed E-state index contributed by atoms with van der Waals surface area (Å²) in [4.78, 5) is 8.73. The molecule has 3 aromatic rings. The van der Waals surface area contributed by atoms with Gasteiger partial charge in [-0.15, -0.1) is 5.10 Å². The Bertz CT molecular complexity index is 791. The zero-order valence-corrected chi connectivity index (χ0v) is 10.7. The van der Waals surface area contributed by atoms with E-state index in [1.807, 2.05) is 0 Å². The fourth-order valence-electron chi connectivity index (χ4n) is 1.88. The Balaban J connectivity index is 2.16. The predicted octanol–water partition coefficient (Wildman–Crippen LogP) is 0.492. The quantitative estimate of drug-likeness (QED) is 0.638. The third-order valence-corrected chi connectivity index (χ3v) is 2.72. The Morgan fingerprint density at radius 2 is 2.26 bits per heavy atom. The maximum atomic E-state index is 5.05. The lowest BCUT2D eigenvalue weighted by Gasteiger charge is -2.01. The second-order valence-electron chi connectivity index (χ2n) is 3.92. The lowest BCUT2D eigenvalue weighted by atomic mass is 10.4. The van der Waals surface area contributed by atoms with Gasteiger partial charge in [-0.3, -0.25) is 0 Å². The van der Waals surface area contributed by atoms with Crippen molar-refractivity contribution >= 4 is 16.7 Å². The van der Waals surface area contributed by atoms with Crippen molar-refractivity contribution < 1.29 is 4.74 Å². The van der Waals surface area contributed by atoms with Gasteiger partial charge in [-0.2, -0.15) is 10.1 Å². The number of ether oxygens (including phenoxy) is 1. The summed E-state index contributed by atoms with van der Waals surface area (Å²) in [6.07, 6.45) is 3.36. The van der Waals surface area contributed by atoms with Crippen LogP contribution in [0, 0.1) is 11.8 Å². The first-order chi connectivity index (χ1) is 9.33. The molecule has 0 aliphatic heterocycles. The number of aromatic nitrogens is 6.